The summed E-state index contributed by atoms with van der Waals surface area (Å²) in [6.07, 6.45) is 3.81. The third-order valence-electron chi connectivity index (χ3n) is 3.64. The summed E-state index contributed by atoms with van der Waals surface area (Å²) in [6.45, 7) is 0.579. The van der Waals surface area contributed by atoms with Crippen LogP contribution in [-0.4, -0.2) is 18.6 Å². The highest BCUT2D eigenvalue weighted by atomic mass is 16.5. The van der Waals surface area contributed by atoms with Crippen LogP contribution in [0.4, 0.5) is 5.69 Å². The van der Waals surface area contributed by atoms with Crippen molar-refractivity contribution in [3.8, 4) is 5.75 Å². The van der Waals surface area contributed by atoms with Gasteiger partial charge in [-0.15, -0.1) is 0 Å². The number of fused-ring (bicyclic) bond motifs is 1. The van der Waals surface area contributed by atoms with Crippen LogP contribution in [0.25, 0.3) is 0 Å². The van der Waals surface area contributed by atoms with E-state index >= 15 is 0 Å². The Morgan fingerprint density at radius 1 is 1.39 bits per heavy atom. The van der Waals surface area contributed by atoms with E-state index in [0.717, 1.165) is 23.4 Å². The lowest BCUT2D eigenvalue weighted by molar-refractivity contribution is -0.116. The topological polar surface area (TPSA) is 64.3 Å². The summed E-state index contributed by atoms with van der Waals surface area (Å²) >= 11 is 0. The van der Waals surface area contributed by atoms with Crippen molar-refractivity contribution in [2.24, 2.45) is 11.7 Å². The van der Waals surface area contributed by atoms with Gasteiger partial charge in [-0.1, -0.05) is 0 Å². The fourth-order valence-corrected chi connectivity index (χ4v) is 2.30. The molecular weight excluding hydrogens is 228 g/mol. The highest BCUT2D eigenvalue weighted by Crippen LogP contribution is 2.32. The van der Waals surface area contributed by atoms with Crippen molar-refractivity contribution in [3.05, 3.63) is 23.8 Å². The second kappa shape index (κ2) is 4.61. The first-order valence-electron chi connectivity index (χ1n) is 6.53. The smallest absolute Gasteiger partial charge is 0.224 e. The maximum absolute atomic E-state index is 11.2. The van der Waals surface area contributed by atoms with Crippen LogP contribution < -0.4 is 15.8 Å². The molecule has 96 valence electrons. The molecular formula is C14H18N2O2. The molecule has 2 aliphatic rings. The average molecular weight is 246 g/mol. The number of carbonyl (C=O) groups excluding carboxylic acids is 1. The Morgan fingerprint density at radius 3 is 3.00 bits per heavy atom. The Kier molecular flexibility index (Phi) is 2.96. The molecule has 0 aromatic heterocycles. The van der Waals surface area contributed by atoms with Gasteiger partial charge in [0.2, 0.25) is 5.91 Å². The van der Waals surface area contributed by atoms with Crippen LogP contribution in [0.2, 0.25) is 0 Å². The summed E-state index contributed by atoms with van der Waals surface area (Å²) < 4.78 is 5.72. The predicted octanol–water partition coefficient (Wildman–Crippen LogP) is 1.69. The minimum Gasteiger partial charge on any atom is -0.492 e. The van der Waals surface area contributed by atoms with Crippen LogP contribution in [0.1, 0.15) is 24.8 Å². The lowest BCUT2D eigenvalue weighted by Crippen LogP contribution is -2.29. The second-order valence-corrected chi connectivity index (χ2v) is 5.18. The van der Waals surface area contributed by atoms with Crippen molar-refractivity contribution in [1.29, 1.82) is 0 Å². The summed E-state index contributed by atoms with van der Waals surface area (Å²) in [5.74, 6) is 1.59. The van der Waals surface area contributed by atoms with Crippen molar-refractivity contribution in [2.75, 3.05) is 11.9 Å². The molecule has 1 atom stereocenters. The van der Waals surface area contributed by atoms with Crippen LogP contribution in [0.5, 0.6) is 5.75 Å². The molecule has 1 heterocycles. The van der Waals surface area contributed by atoms with Gasteiger partial charge in [-0.25, -0.2) is 0 Å². The maximum atomic E-state index is 11.2. The highest BCUT2D eigenvalue weighted by molar-refractivity contribution is 5.93. The SMILES string of the molecule is NC(COc1ccc2c(c1)CCC(=O)N2)C1CC1. The lowest BCUT2D eigenvalue weighted by atomic mass is 10.0. The minimum absolute atomic E-state index is 0.0897. The first-order chi connectivity index (χ1) is 8.72. The first kappa shape index (κ1) is 11.5. The normalized spacial score (nSPS) is 19.9. The average Bonchev–Trinajstić information content (AvgIpc) is 3.20. The van der Waals surface area contributed by atoms with E-state index in [-0.39, 0.29) is 11.9 Å². The zero-order chi connectivity index (χ0) is 12.5. The summed E-state index contributed by atoms with van der Waals surface area (Å²) in [4.78, 5) is 11.2. The van der Waals surface area contributed by atoms with Gasteiger partial charge in [-0.3, -0.25) is 4.79 Å². The molecule has 0 saturated heterocycles. The summed E-state index contributed by atoms with van der Waals surface area (Å²) in [5, 5.41) is 2.86. The van der Waals surface area contributed by atoms with Crippen molar-refractivity contribution >= 4 is 11.6 Å². The van der Waals surface area contributed by atoms with Crippen LogP contribution in [0, 0.1) is 5.92 Å². The molecule has 1 saturated carbocycles. The maximum Gasteiger partial charge on any atom is 0.224 e. The third kappa shape index (κ3) is 2.48. The van der Waals surface area contributed by atoms with Crippen molar-refractivity contribution < 1.29 is 9.53 Å². The van der Waals surface area contributed by atoms with E-state index in [0.29, 0.717) is 18.9 Å². The largest absolute Gasteiger partial charge is 0.492 e. The molecule has 3 N–H and O–H groups in total. The number of nitrogens with one attached hydrogen (secondary N) is 1. The number of nitrogens with two attached hydrogens (primary N) is 1. The number of ether oxygens (including phenoxy) is 1. The van der Waals surface area contributed by atoms with E-state index in [1.54, 1.807) is 0 Å². The second-order valence-electron chi connectivity index (χ2n) is 5.18. The van der Waals surface area contributed by atoms with Crippen LogP contribution in [-0.2, 0) is 11.2 Å². The van der Waals surface area contributed by atoms with Crippen LogP contribution in [0.3, 0.4) is 0 Å². The van der Waals surface area contributed by atoms with Gasteiger partial charge in [0, 0.05) is 18.2 Å². The van der Waals surface area contributed by atoms with E-state index in [4.69, 9.17) is 10.5 Å². The number of aryl methyl sites for hydroxylation is 1. The quantitative estimate of drug-likeness (QED) is 0.849. The number of hydrogen-bond acceptors (Lipinski definition) is 3. The molecule has 1 unspecified atom stereocenters. The van der Waals surface area contributed by atoms with Crippen molar-refractivity contribution in [3.63, 3.8) is 0 Å². The molecule has 4 nitrogen and oxygen atoms in total. The molecule has 0 radical (unpaired) electrons. The minimum atomic E-state index is 0.0897. The molecule has 1 aliphatic carbocycles. The predicted molar refractivity (Wildman–Crippen MR) is 69.6 cm³/mol. The number of hydrogen-bond donors (Lipinski definition) is 2. The number of anilines is 1. The monoisotopic (exact) mass is 246 g/mol. The van der Waals surface area contributed by atoms with Gasteiger partial charge in [-0.2, -0.15) is 0 Å². The molecule has 0 spiro atoms. The van der Waals surface area contributed by atoms with Crippen molar-refractivity contribution in [1.82, 2.24) is 0 Å². The fourth-order valence-electron chi connectivity index (χ4n) is 2.30. The molecule has 18 heavy (non-hydrogen) atoms. The number of benzene rings is 1. The summed E-state index contributed by atoms with van der Waals surface area (Å²) in [6, 6.07) is 5.96. The molecule has 1 aromatic carbocycles. The zero-order valence-corrected chi connectivity index (χ0v) is 10.3. The standard InChI is InChI=1S/C14H18N2O2/c15-12(9-1-2-9)8-18-11-4-5-13-10(7-11)3-6-14(17)16-13/h4-5,7,9,12H,1-3,6,8,15H2,(H,16,17). The van der Waals surface area contributed by atoms with Gasteiger partial charge in [0.15, 0.2) is 0 Å². The Hall–Kier alpha value is -1.55. The molecule has 3 rings (SSSR count). The molecule has 1 aromatic rings. The third-order valence-corrected chi connectivity index (χ3v) is 3.64. The van der Waals surface area contributed by atoms with Gasteiger partial charge in [0.25, 0.3) is 0 Å². The van der Waals surface area contributed by atoms with Crippen molar-refractivity contribution in [2.45, 2.75) is 31.7 Å². The fraction of sp³-hybridized carbons (Fsp3) is 0.500. The van der Waals surface area contributed by atoms with Crippen LogP contribution >= 0.6 is 0 Å². The Morgan fingerprint density at radius 2 is 2.22 bits per heavy atom. The Balaban J connectivity index is 1.64. The molecule has 1 aliphatic heterocycles. The summed E-state index contributed by atoms with van der Waals surface area (Å²) in [5.41, 5.74) is 8.05. The molecule has 4 heteroatoms. The molecule has 1 amide bonds. The van der Waals surface area contributed by atoms with Gasteiger partial charge in [0.1, 0.15) is 12.4 Å². The highest BCUT2D eigenvalue weighted by Gasteiger charge is 2.28. The molecule has 0 bridgehead atoms. The van der Waals surface area contributed by atoms with E-state index in [2.05, 4.69) is 5.32 Å². The van der Waals surface area contributed by atoms with E-state index in [1.165, 1.54) is 12.8 Å². The van der Waals surface area contributed by atoms with E-state index in [1.807, 2.05) is 18.2 Å². The van der Waals surface area contributed by atoms with Crippen LogP contribution in [0.15, 0.2) is 18.2 Å². The molecule has 1 fully saturated rings. The Bertz CT molecular complexity index is 469. The Labute approximate surface area is 107 Å². The number of carbonyl (C=O) groups is 1. The number of amides is 1. The summed E-state index contributed by atoms with van der Waals surface area (Å²) in [7, 11) is 0. The van der Waals surface area contributed by atoms with E-state index < -0.39 is 0 Å². The van der Waals surface area contributed by atoms with Gasteiger partial charge in [0.05, 0.1) is 0 Å². The van der Waals surface area contributed by atoms with E-state index in [9.17, 15) is 4.79 Å². The zero-order valence-electron chi connectivity index (χ0n) is 10.3. The van der Waals surface area contributed by atoms with Gasteiger partial charge >= 0.3 is 0 Å². The van der Waals surface area contributed by atoms with Gasteiger partial charge in [-0.05, 0) is 48.9 Å². The van der Waals surface area contributed by atoms with Gasteiger partial charge < -0.3 is 15.8 Å². The number of rotatable bonds is 4. The lowest BCUT2D eigenvalue weighted by Gasteiger charge is -2.18. The first-order valence-corrected chi connectivity index (χ1v) is 6.53.